The number of carbonyl (C=O) groups is 2. The van der Waals surface area contributed by atoms with Gasteiger partial charge in [0.25, 0.3) is 5.91 Å². The SMILES string of the molecule is CC1=C(C(=O)Nc2cc(C)cc(C)c2)C(c2ccc(F)cc2)NC(=O)N1. The number of allylic oxidation sites excluding steroid dienone is 1. The van der Waals surface area contributed by atoms with Crippen molar-refractivity contribution in [2.24, 2.45) is 0 Å². The molecule has 1 heterocycles. The zero-order valence-electron chi connectivity index (χ0n) is 14.8. The minimum absolute atomic E-state index is 0.325. The average Bonchev–Trinajstić information content (AvgIpc) is 2.53. The molecule has 134 valence electrons. The fourth-order valence-corrected chi connectivity index (χ4v) is 3.15. The van der Waals surface area contributed by atoms with E-state index in [0.29, 0.717) is 22.5 Å². The van der Waals surface area contributed by atoms with Crippen LogP contribution in [-0.2, 0) is 4.79 Å². The van der Waals surface area contributed by atoms with E-state index in [2.05, 4.69) is 16.0 Å². The van der Waals surface area contributed by atoms with Gasteiger partial charge >= 0.3 is 6.03 Å². The molecule has 1 aliphatic rings. The first-order chi connectivity index (χ1) is 12.3. The second-order valence-electron chi connectivity index (χ2n) is 6.45. The third-order valence-electron chi connectivity index (χ3n) is 4.20. The summed E-state index contributed by atoms with van der Waals surface area (Å²) < 4.78 is 13.2. The standard InChI is InChI=1S/C20H20FN3O2/c1-11-8-12(2)10-16(9-11)23-19(25)17-13(3)22-20(26)24-18(17)14-4-6-15(21)7-5-14/h4-10,18H,1-3H3,(H,23,25)(H2,22,24,26). The number of amides is 3. The van der Waals surface area contributed by atoms with Gasteiger partial charge in [-0.1, -0.05) is 18.2 Å². The van der Waals surface area contributed by atoms with Crippen LogP contribution in [0.2, 0.25) is 0 Å². The molecule has 0 saturated heterocycles. The first-order valence-electron chi connectivity index (χ1n) is 8.27. The van der Waals surface area contributed by atoms with Crippen molar-refractivity contribution in [2.45, 2.75) is 26.8 Å². The molecule has 1 atom stereocenters. The van der Waals surface area contributed by atoms with Gasteiger partial charge in [0.15, 0.2) is 0 Å². The van der Waals surface area contributed by atoms with Crippen LogP contribution in [-0.4, -0.2) is 11.9 Å². The largest absolute Gasteiger partial charge is 0.327 e. The summed E-state index contributed by atoms with van der Waals surface area (Å²) in [6, 6.07) is 10.4. The van der Waals surface area contributed by atoms with Crippen molar-refractivity contribution in [3.63, 3.8) is 0 Å². The quantitative estimate of drug-likeness (QED) is 0.787. The molecule has 0 aliphatic carbocycles. The van der Waals surface area contributed by atoms with Crippen molar-refractivity contribution in [3.8, 4) is 0 Å². The van der Waals surface area contributed by atoms with Crippen LogP contribution in [0, 0.1) is 19.7 Å². The summed E-state index contributed by atoms with van der Waals surface area (Å²) in [7, 11) is 0. The molecule has 3 amide bonds. The zero-order chi connectivity index (χ0) is 18.8. The van der Waals surface area contributed by atoms with Gasteiger partial charge in [-0.15, -0.1) is 0 Å². The fourth-order valence-electron chi connectivity index (χ4n) is 3.15. The van der Waals surface area contributed by atoms with E-state index in [0.717, 1.165) is 11.1 Å². The molecule has 5 nitrogen and oxygen atoms in total. The van der Waals surface area contributed by atoms with E-state index in [-0.39, 0.29) is 11.7 Å². The number of halogens is 1. The second-order valence-corrected chi connectivity index (χ2v) is 6.45. The summed E-state index contributed by atoms with van der Waals surface area (Å²) in [4.78, 5) is 24.8. The predicted octanol–water partition coefficient (Wildman–Crippen LogP) is 3.71. The molecule has 0 fully saturated rings. The number of rotatable bonds is 3. The molecule has 2 aromatic carbocycles. The molecule has 3 rings (SSSR count). The molecular weight excluding hydrogens is 333 g/mol. The van der Waals surface area contributed by atoms with Crippen LogP contribution in [0.5, 0.6) is 0 Å². The molecule has 0 spiro atoms. The number of hydrogen-bond donors (Lipinski definition) is 3. The Balaban J connectivity index is 1.95. The molecular formula is C20H20FN3O2. The Hall–Kier alpha value is -3.15. The van der Waals surface area contributed by atoms with E-state index in [1.165, 1.54) is 12.1 Å². The van der Waals surface area contributed by atoms with Gasteiger partial charge in [-0.3, -0.25) is 4.79 Å². The third-order valence-corrected chi connectivity index (χ3v) is 4.20. The fraction of sp³-hybridized carbons (Fsp3) is 0.200. The van der Waals surface area contributed by atoms with Gasteiger partial charge in [0.2, 0.25) is 0 Å². The van der Waals surface area contributed by atoms with Crippen molar-refractivity contribution >= 4 is 17.6 Å². The van der Waals surface area contributed by atoms with Crippen LogP contribution < -0.4 is 16.0 Å². The van der Waals surface area contributed by atoms with E-state index < -0.39 is 12.1 Å². The number of aryl methyl sites for hydroxylation is 2. The van der Waals surface area contributed by atoms with Crippen LogP contribution >= 0.6 is 0 Å². The first-order valence-corrected chi connectivity index (χ1v) is 8.27. The smallest absolute Gasteiger partial charge is 0.319 e. The molecule has 0 radical (unpaired) electrons. The summed E-state index contributed by atoms with van der Waals surface area (Å²) >= 11 is 0. The van der Waals surface area contributed by atoms with Crippen LogP contribution in [0.4, 0.5) is 14.9 Å². The molecule has 0 bridgehead atoms. The number of urea groups is 1. The molecule has 2 aromatic rings. The maximum absolute atomic E-state index is 13.2. The number of carbonyl (C=O) groups excluding carboxylic acids is 2. The Morgan fingerprint density at radius 2 is 1.65 bits per heavy atom. The van der Waals surface area contributed by atoms with Crippen molar-refractivity contribution in [1.82, 2.24) is 10.6 Å². The van der Waals surface area contributed by atoms with Gasteiger partial charge in [-0.25, -0.2) is 9.18 Å². The third kappa shape index (κ3) is 3.74. The molecule has 6 heteroatoms. The average molecular weight is 353 g/mol. The van der Waals surface area contributed by atoms with Crippen LogP contribution in [0.25, 0.3) is 0 Å². The lowest BCUT2D eigenvalue weighted by molar-refractivity contribution is -0.113. The topological polar surface area (TPSA) is 70.2 Å². The van der Waals surface area contributed by atoms with Crippen LogP contribution in [0.1, 0.15) is 29.7 Å². The molecule has 1 unspecified atom stereocenters. The van der Waals surface area contributed by atoms with Gasteiger partial charge < -0.3 is 16.0 Å². The van der Waals surface area contributed by atoms with Crippen molar-refractivity contribution in [2.75, 3.05) is 5.32 Å². The highest BCUT2D eigenvalue weighted by Gasteiger charge is 2.31. The number of hydrogen-bond acceptors (Lipinski definition) is 2. The minimum atomic E-state index is -0.657. The van der Waals surface area contributed by atoms with E-state index in [4.69, 9.17) is 0 Å². The zero-order valence-corrected chi connectivity index (χ0v) is 14.8. The normalized spacial score (nSPS) is 16.8. The minimum Gasteiger partial charge on any atom is -0.327 e. The molecule has 1 aliphatic heterocycles. The number of anilines is 1. The Bertz CT molecular complexity index is 884. The van der Waals surface area contributed by atoms with Crippen LogP contribution in [0.15, 0.2) is 53.7 Å². The molecule has 26 heavy (non-hydrogen) atoms. The van der Waals surface area contributed by atoms with E-state index >= 15 is 0 Å². The lowest BCUT2D eigenvalue weighted by atomic mass is 9.94. The Morgan fingerprint density at radius 1 is 1.04 bits per heavy atom. The van der Waals surface area contributed by atoms with Crippen molar-refractivity contribution in [1.29, 1.82) is 0 Å². The highest BCUT2D eigenvalue weighted by molar-refractivity contribution is 6.06. The summed E-state index contributed by atoms with van der Waals surface area (Å²) in [5.41, 5.74) is 4.24. The summed E-state index contributed by atoms with van der Waals surface area (Å²) in [5, 5.41) is 8.24. The highest BCUT2D eigenvalue weighted by Crippen LogP contribution is 2.28. The van der Waals surface area contributed by atoms with E-state index in [1.54, 1.807) is 19.1 Å². The Labute approximate surface area is 151 Å². The van der Waals surface area contributed by atoms with Crippen molar-refractivity contribution < 1.29 is 14.0 Å². The van der Waals surface area contributed by atoms with Crippen LogP contribution in [0.3, 0.4) is 0 Å². The summed E-state index contributed by atoms with van der Waals surface area (Å²) in [6.07, 6.45) is 0. The van der Waals surface area contributed by atoms with Gasteiger partial charge in [-0.2, -0.15) is 0 Å². The van der Waals surface area contributed by atoms with Gasteiger partial charge in [-0.05, 0) is 61.7 Å². The van der Waals surface area contributed by atoms with E-state index in [9.17, 15) is 14.0 Å². The molecule has 0 aromatic heterocycles. The highest BCUT2D eigenvalue weighted by atomic mass is 19.1. The van der Waals surface area contributed by atoms with Crippen molar-refractivity contribution in [3.05, 3.63) is 76.2 Å². The van der Waals surface area contributed by atoms with Gasteiger partial charge in [0.1, 0.15) is 5.82 Å². The van der Waals surface area contributed by atoms with Gasteiger partial charge in [0, 0.05) is 11.4 Å². The molecule has 0 saturated carbocycles. The monoisotopic (exact) mass is 353 g/mol. The lowest BCUT2D eigenvalue weighted by Gasteiger charge is -2.28. The lowest BCUT2D eigenvalue weighted by Crippen LogP contribution is -2.45. The summed E-state index contributed by atoms with van der Waals surface area (Å²) in [6.45, 7) is 5.58. The molecule has 3 N–H and O–H groups in total. The number of benzene rings is 2. The van der Waals surface area contributed by atoms with E-state index in [1.807, 2.05) is 32.0 Å². The maximum Gasteiger partial charge on any atom is 0.319 e. The Kier molecular flexibility index (Phi) is 4.75. The van der Waals surface area contributed by atoms with Gasteiger partial charge in [0.05, 0.1) is 11.6 Å². The maximum atomic E-state index is 13.2. The Morgan fingerprint density at radius 3 is 2.27 bits per heavy atom. The second kappa shape index (κ2) is 7.00. The number of nitrogens with one attached hydrogen (secondary N) is 3. The summed E-state index contributed by atoms with van der Waals surface area (Å²) in [5.74, 6) is -0.703. The predicted molar refractivity (Wildman–Crippen MR) is 98.1 cm³/mol. The first kappa shape index (κ1) is 17.7.